The van der Waals surface area contributed by atoms with Crippen molar-refractivity contribution in [2.75, 3.05) is 19.6 Å². The molecule has 0 saturated carbocycles. The molecule has 2 amide bonds. The van der Waals surface area contributed by atoms with Crippen molar-refractivity contribution in [2.24, 2.45) is 5.41 Å². The molecule has 1 aromatic carbocycles. The van der Waals surface area contributed by atoms with Gasteiger partial charge in [-0.05, 0) is 31.4 Å². The zero-order valence-corrected chi connectivity index (χ0v) is 14.9. The maximum Gasteiger partial charge on any atom is 0.271 e. The molecule has 4 rings (SSSR count). The van der Waals surface area contributed by atoms with Crippen molar-refractivity contribution in [1.82, 2.24) is 20.0 Å². The molecule has 3 N–H and O–H groups in total. The minimum Gasteiger partial charge on any atom is -0.392 e. The van der Waals surface area contributed by atoms with Gasteiger partial charge in [0.2, 0.25) is 5.91 Å². The van der Waals surface area contributed by atoms with Crippen LogP contribution in [-0.2, 0) is 4.79 Å². The third-order valence-electron chi connectivity index (χ3n) is 5.57. The summed E-state index contributed by atoms with van der Waals surface area (Å²) in [5, 5.41) is 16.1. The second kappa shape index (κ2) is 6.70. The van der Waals surface area contributed by atoms with Gasteiger partial charge in [0, 0.05) is 25.7 Å². The van der Waals surface area contributed by atoms with Gasteiger partial charge in [-0.1, -0.05) is 18.2 Å². The zero-order chi connectivity index (χ0) is 19.0. The molecule has 8 nitrogen and oxygen atoms in total. The van der Waals surface area contributed by atoms with Crippen LogP contribution in [-0.4, -0.2) is 57.3 Å². The summed E-state index contributed by atoms with van der Waals surface area (Å²) >= 11 is 0. The van der Waals surface area contributed by atoms with E-state index in [1.54, 1.807) is 17.0 Å². The molecule has 0 aliphatic carbocycles. The van der Waals surface area contributed by atoms with Gasteiger partial charge in [0.15, 0.2) is 0 Å². The van der Waals surface area contributed by atoms with Crippen molar-refractivity contribution < 1.29 is 14.7 Å². The maximum absolute atomic E-state index is 13.0. The minimum atomic E-state index is -0.964. The fraction of sp³-hybridized carbons (Fsp3) is 0.421. The number of hydrogen-bond acceptors (Lipinski definition) is 4. The summed E-state index contributed by atoms with van der Waals surface area (Å²) in [6.07, 6.45) is 0.884. The van der Waals surface area contributed by atoms with E-state index in [0.717, 1.165) is 6.42 Å². The smallest absolute Gasteiger partial charge is 0.271 e. The standard InChI is InChI=1S/C19H22N4O4/c24-15-7-10-22(12-19(15)8-4-9-20-18(19)27)17(26)14-11-16(25)23(21-14)13-5-2-1-3-6-13/h1-3,5-6,11,15,21,24H,4,7-10,12H2,(H,20,27)/t15-,19+/m0/s1. The highest BCUT2D eigenvalue weighted by Crippen LogP contribution is 2.37. The summed E-state index contributed by atoms with van der Waals surface area (Å²) in [6, 6.07) is 10.3. The summed E-state index contributed by atoms with van der Waals surface area (Å²) in [5.41, 5.74) is -0.480. The van der Waals surface area contributed by atoms with Crippen molar-refractivity contribution >= 4 is 11.8 Å². The first-order valence-electron chi connectivity index (χ1n) is 9.14. The number of amides is 2. The maximum atomic E-state index is 13.0. The number of carbonyl (C=O) groups excluding carboxylic acids is 2. The predicted molar refractivity (Wildman–Crippen MR) is 97.6 cm³/mol. The van der Waals surface area contributed by atoms with Crippen molar-refractivity contribution in [3.05, 3.63) is 52.4 Å². The summed E-state index contributed by atoms with van der Waals surface area (Å²) in [5.74, 6) is -0.541. The predicted octanol–water partition coefficient (Wildman–Crippen LogP) is 0.269. The van der Waals surface area contributed by atoms with E-state index in [4.69, 9.17) is 0 Å². The molecule has 2 aromatic rings. The van der Waals surface area contributed by atoms with Crippen LogP contribution in [0.1, 0.15) is 29.8 Å². The number of rotatable bonds is 2. The number of likely N-dealkylation sites (tertiary alicyclic amines) is 1. The first-order valence-corrected chi connectivity index (χ1v) is 9.14. The van der Waals surface area contributed by atoms with Gasteiger partial charge < -0.3 is 15.3 Å². The number of hydrogen-bond donors (Lipinski definition) is 3. The van der Waals surface area contributed by atoms with Gasteiger partial charge in [0.25, 0.3) is 11.5 Å². The Bertz CT molecular complexity index is 919. The van der Waals surface area contributed by atoms with Crippen LogP contribution in [0.2, 0.25) is 0 Å². The number of aliphatic hydroxyl groups excluding tert-OH is 1. The van der Waals surface area contributed by atoms with Gasteiger partial charge in [-0.2, -0.15) is 0 Å². The third-order valence-corrected chi connectivity index (χ3v) is 5.57. The molecule has 142 valence electrons. The number of nitrogens with one attached hydrogen (secondary N) is 2. The van der Waals surface area contributed by atoms with Crippen LogP contribution in [0.5, 0.6) is 0 Å². The molecular weight excluding hydrogens is 348 g/mol. The summed E-state index contributed by atoms with van der Waals surface area (Å²) < 4.78 is 1.31. The fourth-order valence-corrected chi connectivity index (χ4v) is 4.06. The van der Waals surface area contributed by atoms with Gasteiger partial charge in [-0.3, -0.25) is 19.5 Å². The van der Waals surface area contributed by atoms with Crippen LogP contribution in [0.4, 0.5) is 0 Å². The average molecular weight is 370 g/mol. The zero-order valence-electron chi connectivity index (χ0n) is 14.9. The second-order valence-electron chi connectivity index (χ2n) is 7.23. The minimum absolute atomic E-state index is 0.150. The monoisotopic (exact) mass is 370 g/mol. The average Bonchev–Trinajstić information content (AvgIpc) is 3.08. The van der Waals surface area contributed by atoms with Crippen LogP contribution in [0.15, 0.2) is 41.2 Å². The number of aliphatic hydroxyl groups is 1. The van der Waals surface area contributed by atoms with E-state index >= 15 is 0 Å². The Morgan fingerprint density at radius 2 is 2.00 bits per heavy atom. The highest BCUT2D eigenvalue weighted by molar-refractivity contribution is 5.93. The topological polar surface area (TPSA) is 107 Å². The molecule has 1 aromatic heterocycles. The van der Waals surface area contributed by atoms with E-state index < -0.39 is 11.5 Å². The Morgan fingerprint density at radius 1 is 1.22 bits per heavy atom. The van der Waals surface area contributed by atoms with Crippen LogP contribution < -0.4 is 10.9 Å². The van der Waals surface area contributed by atoms with E-state index in [-0.39, 0.29) is 29.6 Å². The lowest BCUT2D eigenvalue weighted by Gasteiger charge is -2.46. The Morgan fingerprint density at radius 3 is 2.74 bits per heavy atom. The molecule has 1 spiro atoms. The SMILES string of the molecule is O=C(c1cc(=O)n(-c2ccccc2)[nH]1)N1CC[C@H](O)[C@@]2(CCCNC2=O)C1. The van der Waals surface area contributed by atoms with E-state index in [1.807, 2.05) is 18.2 Å². The molecule has 0 unspecified atom stereocenters. The normalized spacial score (nSPS) is 25.4. The molecule has 3 heterocycles. The van der Waals surface area contributed by atoms with Crippen LogP contribution in [0, 0.1) is 5.41 Å². The number of piperidine rings is 2. The summed E-state index contributed by atoms with van der Waals surface area (Å²) in [4.78, 5) is 39.3. The first kappa shape index (κ1) is 17.5. The van der Waals surface area contributed by atoms with Gasteiger partial charge in [0.1, 0.15) is 5.69 Å². The Hall–Kier alpha value is -2.87. The van der Waals surface area contributed by atoms with E-state index in [9.17, 15) is 19.5 Å². The molecule has 2 fully saturated rings. The fourth-order valence-electron chi connectivity index (χ4n) is 4.06. The molecule has 2 atom stereocenters. The van der Waals surface area contributed by atoms with Gasteiger partial charge in [-0.25, -0.2) is 4.68 Å². The van der Waals surface area contributed by atoms with Gasteiger partial charge in [-0.15, -0.1) is 0 Å². The van der Waals surface area contributed by atoms with Crippen molar-refractivity contribution in [3.8, 4) is 5.69 Å². The molecule has 8 heteroatoms. The number of para-hydroxylation sites is 1. The Balaban J connectivity index is 1.60. The van der Waals surface area contributed by atoms with Crippen molar-refractivity contribution in [1.29, 1.82) is 0 Å². The number of H-pyrrole nitrogens is 1. The van der Waals surface area contributed by atoms with E-state index in [2.05, 4.69) is 10.4 Å². The van der Waals surface area contributed by atoms with Crippen LogP contribution in [0.3, 0.4) is 0 Å². The molecule has 2 saturated heterocycles. The highest BCUT2D eigenvalue weighted by Gasteiger charge is 2.50. The van der Waals surface area contributed by atoms with Gasteiger partial charge in [0.05, 0.1) is 17.2 Å². The number of aromatic nitrogens is 2. The van der Waals surface area contributed by atoms with Crippen molar-refractivity contribution in [3.63, 3.8) is 0 Å². The molecule has 0 radical (unpaired) electrons. The highest BCUT2D eigenvalue weighted by atomic mass is 16.3. The lowest BCUT2D eigenvalue weighted by molar-refractivity contribution is -0.147. The number of nitrogens with zero attached hydrogens (tertiary/aromatic N) is 2. The van der Waals surface area contributed by atoms with Gasteiger partial charge >= 0.3 is 0 Å². The van der Waals surface area contributed by atoms with Crippen molar-refractivity contribution in [2.45, 2.75) is 25.4 Å². The number of carbonyl (C=O) groups is 2. The number of benzene rings is 1. The van der Waals surface area contributed by atoms with E-state index in [1.165, 1.54) is 10.7 Å². The summed E-state index contributed by atoms with van der Waals surface area (Å²) in [6.45, 7) is 1.08. The molecule has 0 bridgehead atoms. The molecule has 2 aliphatic rings. The Labute approximate surface area is 155 Å². The van der Waals surface area contributed by atoms with E-state index in [0.29, 0.717) is 31.6 Å². The largest absolute Gasteiger partial charge is 0.392 e. The number of aromatic amines is 1. The molecule has 2 aliphatic heterocycles. The van der Waals surface area contributed by atoms with Crippen LogP contribution in [0.25, 0.3) is 5.69 Å². The third kappa shape index (κ3) is 2.95. The van der Waals surface area contributed by atoms with Crippen LogP contribution >= 0.6 is 0 Å². The quantitative estimate of drug-likeness (QED) is 0.705. The lowest BCUT2D eigenvalue weighted by atomic mass is 9.71. The summed E-state index contributed by atoms with van der Waals surface area (Å²) in [7, 11) is 0. The first-order chi connectivity index (χ1) is 13.0. The molecular formula is C19H22N4O4. The Kier molecular flexibility index (Phi) is 4.35. The second-order valence-corrected chi connectivity index (χ2v) is 7.23. The lowest BCUT2D eigenvalue weighted by Crippen LogP contribution is -2.62. The molecule has 27 heavy (non-hydrogen) atoms.